The summed E-state index contributed by atoms with van der Waals surface area (Å²) in [4.78, 5) is 1.95. The highest BCUT2D eigenvalue weighted by Gasteiger charge is 2.21. The first-order chi connectivity index (χ1) is 10.7. The van der Waals surface area contributed by atoms with Gasteiger partial charge in [0.25, 0.3) is 0 Å². The number of morpholine rings is 1. The van der Waals surface area contributed by atoms with E-state index < -0.39 is 5.82 Å². The molecule has 2 aromatic rings. The summed E-state index contributed by atoms with van der Waals surface area (Å²) in [5.41, 5.74) is 0.308. The molecule has 2 N–H and O–H groups in total. The summed E-state index contributed by atoms with van der Waals surface area (Å²) < 4.78 is 19.2. The third kappa shape index (κ3) is 2.86. The molecule has 116 valence electrons. The van der Waals surface area contributed by atoms with Gasteiger partial charge in [-0.3, -0.25) is 0 Å². The van der Waals surface area contributed by atoms with Crippen molar-refractivity contribution in [3.8, 4) is 17.0 Å². The van der Waals surface area contributed by atoms with Crippen LogP contribution in [-0.4, -0.2) is 52.8 Å². The van der Waals surface area contributed by atoms with E-state index in [0.29, 0.717) is 25.5 Å². The van der Waals surface area contributed by atoms with Crippen molar-refractivity contribution < 1.29 is 19.3 Å². The maximum atomic E-state index is 13.8. The van der Waals surface area contributed by atoms with Crippen LogP contribution in [0.5, 0.6) is 5.75 Å². The second kappa shape index (κ2) is 6.25. The van der Waals surface area contributed by atoms with E-state index in [2.05, 4.69) is 10.2 Å². The van der Waals surface area contributed by atoms with Crippen LogP contribution in [0.1, 0.15) is 0 Å². The van der Waals surface area contributed by atoms with Crippen molar-refractivity contribution in [1.82, 2.24) is 10.2 Å². The van der Waals surface area contributed by atoms with E-state index in [1.54, 1.807) is 12.1 Å². The van der Waals surface area contributed by atoms with Crippen LogP contribution in [0, 0.1) is 5.82 Å². The number of hydrogen-bond acceptors (Lipinski definition) is 6. The predicted molar refractivity (Wildman–Crippen MR) is 78.1 cm³/mol. The lowest BCUT2D eigenvalue weighted by Crippen LogP contribution is -2.44. The van der Waals surface area contributed by atoms with Crippen LogP contribution in [0.3, 0.4) is 0 Å². The summed E-state index contributed by atoms with van der Waals surface area (Å²) >= 11 is 0. The summed E-state index contributed by atoms with van der Waals surface area (Å²) in [6.45, 7) is 1.62. The van der Waals surface area contributed by atoms with Gasteiger partial charge in [0.2, 0.25) is 0 Å². The molecular formula is C15H16FN3O3. The SMILES string of the molecule is OC[C@@H]1CN(c2ccc(-c3c(O)cccc3F)nn2)CCO1. The number of aliphatic hydroxyl groups is 1. The van der Waals surface area contributed by atoms with Crippen LogP contribution in [-0.2, 0) is 4.74 Å². The number of aromatic nitrogens is 2. The normalized spacial score (nSPS) is 18.5. The highest BCUT2D eigenvalue weighted by Crippen LogP contribution is 2.30. The third-order valence-electron chi connectivity index (χ3n) is 3.56. The Hall–Kier alpha value is -2.25. The second-order valence-corrected chi connectivity index (χ2v) is 5.03. The van der Waals surface area contributed by atoms with E-state index in [9.17, 15) is 9.50 Å². The second-order valence-electron chi connectivity index (χ2n) is 5.03. The average Bonchev–Trinajstić information content (AvgIpc) is 2.55. The van der Waals surface area contributed by atoms with Crippen molar-refractivity contribution in [2.45, 2.75) is 6.10 Å². The van der Waals surface area contributed by atoms with Crippen molar-refractivity contribution in [3.63, 3.8) is 0 Å². The minimum absolute atomic E-state index is 0.0387. The van der Waals surface area contributed by atoms with Gasteiger partial charge in [-0.25, -0.2) is 4.39 Å². The largest absolute Gasteiger partial charge is 0.507 e. The monoisotopic (exact) mass is 305 g/mol. The molecular weight excluding hydrogens is 289 g/mol. The van der Waals surface area contributed by atoms with Gasteiger partial charge in [-0.1, -0.05) is 6.07 Å². The van der Waals surface area contributed by atoms with Gasteiger partial charge >= 0.3 is 0 Å². The lowest BCUT2D eigenvalue weighted by atomic mass is 10.1. The van der Waals surface area contributed by atoms with Gasteiger partial charge in [-0.15, -0.1) is 10.2 Å². The Bertz CT molecular complexity index is 631. The number of rotatable bonds is 3. The fourth-order valence-corrected chi connectivity index (χ4v) is 2.43. The van der Waals surface area contributed by atoms with Crippen molar-refractivity contribution >= 4 is 5.82 Å². The van der Waals surface area contributed by atoms with Crippen molar-refractivity contribution in [2.24, 2.45) is 0 Å². The number of benzene rings is 1. The van der Waals surface area contributed by atoms with Gasteiger partial charge in [0.15, 0.2) is 5.82 Å². The molecule has 1 aliphatic rings. The molecule has 22 heavy (non-hydrogen) atoms. The number of aromatic hydroxyl groups is 1. The Balaban J connectivity index is 1.84. The Kier molecular flexibility index (Phi) is 4.17. The van der Waals surface area contributed by atoms with E-state index in [4.69, 9.17) is 9.84 Å². The van der Waals surface area contributed by atoms with Gasteiger partial charge in [-0.05, 0) is 24.3 Å². The fraction of sp³-hybridized carbons (Fsp3) is 0.333. The van der Waals surface area contributed by atoms with E-state index in [0.717, 1.165) is 0 Å². The molecule has 7 heteroatoms. The molecule has 1 aromatic carbocycles. The van der Waals surface area contributed by atoms with Gasteiger partial charge in [0.1, 0.15) is 11.6 Å². The molecule has 0 radical (unpaired) electrons. The Morgan fingerprint density at radius 2 is 2.14 bits per heavy atom. The number of ether oxygens (including phenoxy) is 1. The Labute approximate surface area is 126 Å². The number of anilines is 1. The van der Waals surface area contributed by atoms with E-state index >= 15 is 0 Å². The maximum absolute atomic E-state index is 13.8. The number of nitrogens with zero attached hydrogens (tertiary/aromatic N) is 3. The van der Waals surface area contributed by atoms with Crippen molar-refractivity contribution in [3.05, 3.63) is 36.1 Å². The molecule has 1 fully saturated rings. The molecule has 0 amide bonds. The molecule has 0 spiro atoms. The first-order valence-corrected chi connectivity index (χ1v) is 6.98. The highest BCUT2D eigenvalue weighted by molar-refractivity contribution is 5.67. The number of phenols is 1. The molecule has 3 rings (SSSR count). The van der Waals surface area contributed by atoms with E-state index in [-0.39, 0.29) is 29.7 Å². The van der Waals surface area contributed by atoms with Crippen molar-refractivity contribution in [1.29, 1.82) is 0 Å². The van der Waals surface area contributed by atoms with Gasteiger partial charge in [0, 0.05) is 13.1 Å². The average molecular weight is 305 g/mol. The lowest BCUT2D eigenvalue weighted by molar-refractivity contribution is 0.00332. The quantitative estimate of drug-likeness (QED) is 0.887. The first kappa shape index (κ1) is 14.7. The minimum Gasteiger partial charge on any atom is -0.507 e. The summed E-state index contributed by atoms with van der Waals surface area (Å²) in [5, 5.41) is 27.0. The Morgan fingerprint density at radius 1 is 1.27 bits per heavy atom. The number of hydrogen-bond donors (Lipinski definition) is 2. The zero-order valence-corrected chi connectivity index (χ0v) is 11.8. The topological polar surface area (TPSA) is 78.7 Å². The predicted octanol–water partition coefficient (Wildman–Crippen LogP) is 1.19. The zero-order chi connectivity index (χ0) is 15.5. The summed E-state index contributed by atoms with van der Waals surface area (Å²) in [6.07, 6.45) is -0.245. The minimum atomic E-state index is -0.547. The fourth-order valence-electron chi connectivity index (χ4n) is 2.43. The smallest absolute Gasteiger partial charge is 0.151 e. The van der Waals surface area contributed by atoms with Crippen LogP contribution >= 0.6 is 0 Å². The van der Waals surface area contributed by atoms with Crippen molar-refractivity contribution in [2.75, 3.05) is 31.2 Å². The van der Waals surface area contributed by atoms with Crippen LogP contribution < -0.4 is 4.90 Å². The number of halogens is 1. The molecule has 0 unspecified atom stereocenters. The highest BCUT2D eigenvalue weighted by atomic mass is 19.1. The lowest BCUT2D eigenvalue weighted by Gasteiger charge is -2.32. The molecule has 1 saturated heterocycles. The molecule has 0 saturated carbocycles. The van der Waals surface area contributed by atoms with Crippen LogP contribution in [0.25, 0.3) is 11.3 Å². The molecule has 0 bridgehead atoms. The van der Waals surface area contributed by atoms with Crippen LogP contribution in [0.15, 0.2) is 30.3 Å². The molecule has 0 aliphatic carbocycles. The van der Waals surface area contributed by atoms with Crippen LogP contribution in [0.4, 0.5) is 10.2 Å². The molecule has 1 aliphatic heterocycles. The van der Waals surface area contributed by atoms with Gasteiger partial charge < -0.3 is 19.8 Å². The molecule has 1 aromatic heterocycles. The number of aliphatic hydroxyl groups excluding tert-OH is 1. The molecule has 2 heterocycles. The van der Waals surface area contributed by atoms with Crippen LogP contribution in [0.2, 0.25) is 0 Å². The summed E-state index contributed by atoms with van der Waals surface area (Å²) in [6, 6.07) is 7.43. The molecule has 1 atom stereocenters. The van der Waals surface area contributed by atoms with Gasteiger partial charge in [-0.2, -0.15) is 0 Å². The first-order valence-electron chi connectivity index (χ1n) is 6.98. The van der Waals surface area contributed by atoms with E-state index in [1.165, 1.54) is 18.2 Å². The third-order valence-corrected chi connectivity index (χ3v) is 3.56. The Morgan fingerprint density at radius 3 is 2.82 bits per heavy atom. The molecule has 6 nitrogen and oxygen atoms in total. The summed E-state index contributed by atoms with van der Waals surface area (Å²) in [7, 11) is 0. The standard InChI is InChI=1S/C15H16FN3O3/c16-11-2-1-3-13(21)15(11)12-4-5-14(18-17-12)19-6-7-22-10(8-19)9-20/h1-5,10,20-21H,6-9H2/t10-/m0/s1. The number of phenolic OH excluding ortho intramolecular Hbond substituents is 1. The zero-order valence-electron chi connectivity index (χ0n) is 11.8. The maximum Gasteiger partial charge on any atom is 0.151 e. The van der Waals surface area contributed by atoms with E-state index in [1.807, 2.05) is 4.90 Å². The van der Waals surface area contributed by atoms with Gasteiger partial charge in [0.05, 0.1) is 30.6 Å². The summed E-state index contributed by atoms with van der Waals surface area (Å²) in [5.74, 6) is -0.0936.